The third-order valence-corrected chi connectivity index (χ3v) is 3.38. The van der Waals surface area contributed by atoms with Crippen molar-refractivity contribution in [2.45, 2.75) is 32.8 Å². The lowest BCUT2D eigenvalue weighted by atomic mass is 10.2. The summed E-state index contributed by atoms with van der Waals surface area (Å²) in [5, 5.41) is 14.1. The van der Waals surface area contributed by atoms with Crippen molar-refractivity contribution in [3.63, 3.8) is 0 Å². The van der Waals surface area contributed by atoms with E-state index in [2.05, 4.69) is 25.0 Å². The van der Waals surface area contributed by atoms with Gasteiger partial charge >= 0.3 is 0 Å². The molecule has 0 fully saturated rings. The molecule has 1 unspecified atom stereocenters. The van der Waals surface area contributed by atoms with Gasteiger partial charge < -0.3 is 5.11 Å². The Labute approximate surface area is 95.9 Å². The molecule has 4 heteroatoms. The van der Waals surface area contributed by atoms with Crippen LogP contribution in [0.3, 0.4) is 0 Å². The minimum absolute atomic E-state index is 0.255. The second-order valence-corrected chi connectivity index (χ2v) is 4.94. The van der Waals surface area contributed by atoms with Gasteiger partial charge in [-0.05, 0) is 18.2 Å². The van der Waals surface area contributed by atoms with Crippen LogP contribution in [0.15, 0.2) is 6.07 Å². The standard InChI is InChI=1S/C11H20N2OS/c1-4-9-6-10(13(3)12-9)7-11(14)8-15-5-2/h6,11,14H,4-5,7-8H2,1-3H3. The third kappa shape index (κ3) is 3.87. The van der Waals surface area contributed by atoms with E-state index in [0.717, 1.165) is 29.3 Å². The fraction of sp³-hybridized carbons (Fsp3) is 0.727. The Bertz CT molecular complexity index is 299. The van der Waals surface area contributed by atoms with E-state index in [4.69, 9.17) is 0 Å². The molecule has 1 aromatic heterocycles. The fourth-order valence-corrected chi connectivity index (χ4v) is 2.12. The number of hydrogen-bond donors (Lipinski definition) is 1. The molecule has 0 aliphatic carbocycles. The Morgan fingerprint density at radius 2 is 2.27 bits per heavy atom. The second-order valence-electron chi connectivity index (χ2n) is 3.62. The number of nitrogens with zero attached hydrogens (tertiary/aromatic N) is 2. The van der Waals surface area contributed by atoms with Gasteiger partial charge in [-0.2, -0.15) is 16.9 Å². The molecule has 86 valence electrons. The summed E-state index contributed by atoms with van der Waals surface area (Å²) in [5.74, 6) is 1.87. The molecule has 0 amide bonds. The molecular formula is C11H20N2OS. The summed E-state index contributed by atoms with van der Waals surface area (Å²) < 4.78 is 1.87. The van der Waals surface area contributed by atoms with E-state index in [-0.39, 0.29) is 6.10 Å². The second kappa shape index (κ2) is 6.18. The lowest BCUT2D eigenvalue weighted by molar-refractivity contribution is 0.197. The summed E-state index contributed by atoms with van der Waals surface area (Å²) >= 11 is 1.77. The largest absolute Gasteiger partial charge is 0.392 e. The Hall–Kier alpha value is -0.480. The first-order valence-electron chi connectivity index (χ1n) is 5.45. The van der Waals surface area contributed by atoms with Crippen molar-refractivity contribution in [1.29, 1.82) is 0 Å². The van der Waals surface area contributed by atoms with Crippen molar-refractivity contribution in [2.75, 3.05) is 11.5 Å². The summed E-state index contributed by atoms with van der Waals surface area (Å²) in [6.45, 7) is 4.20. The van der Waals surface area contributed by atoms with Crippen LogP contribution in [0.4, 0.5) is 0 Å². The van der Waals surface area contributed by atoms with Crippen LogP contribution >= 0.6 is 11.8 Å². The molecule has 1 heterocycles. The lowest BCUT2D eigenvalue weighted by Gasteiger charge is -2.09. The molecule has 0 spiro atoms. The molecule has 0 bridgehead atoms. The van der Waals surface area contributed by atoms with Crippen LogP contribution < -0.4 is 0 Å². The van der Waals surface area contributed by atoms with E-state index >= 15 is 0 Å². The molecule has 0 aliphatic rings. The third-order valence-electron chi connectivity index (χ3n) is 2.35. The number of aliphatic hydroxyl groups is 1. The predicted octanol–water partition coefficient (Wildman–Crippen LogP) is 1.64. The van der Waals surface area contributed by atoms with Crippen LogP contribution in [-0.2, 0) is 19.9 Å². The van der Waals surface area contributed by atoms with E-state index in [1.807, 2.05) is 11.7 Å². The van der Waals surface area contributed by atoms with Crippen molar-refractivity contribution in [2.24, 2.45) is 7.05 Å². The van der Waals surface area contributed by atoms with E-state index in [1.54, 1.807) is 11.8 Å². The molecule has 1 atom stereocenters. The zero-order chi connectivity index (χ0) is 11.3. The van der Waals surface area contributed by atoms with Crippen molar-refractivity contribution < 1.29 is 5.11 Å². The van der Waals surface area contributed by atoms with Crippen molar-refractivity contribution in [1.82, 2.24) is 9.78 Å². The number of rotatable bonds is 6. The van der Waals surface area contributed by atoms with Gasteiger partial charge in [-0.1, -0.05) is 13.8 Å². The first-order chi connectivity index (χ1) is 7.17. The van der Waals surface area contributed by atoms with Gasteiger partial charge in [0.1, 0.15) is 0 Å². The first-order valence-corrected chi connectivity index (χ1v) is 6.60. The smallest absolute Gasteiger partial charge is 0.0685 e. The summed E-state index contributed by atoms with van der Waals surface area (Å²) in [6.07, 6.45) is 1.40. The van der Waals surface area contributed by atoms with Gasteiger partial charge in [-0.3, -0.25) is 4.68 Å². The highest BCUT2D eigenvalue weighted by Gasteiger charge is 2.09. The van der Waals surface area contributed by atoms with Crippen LogP contribution in [-0.4, -0.2) is 32.5 Å². The van der Waals surface area contributed by atoms with Crippen molar-refractivity contribution in [3.8, 4) is 0 Å². The van der Waals surface area contributed by atoms with Gasteiger partial charge in [0.05, 0.1) is 11.8 Å². The summed E-state index contributed by atoms with van der Waals surface area (Å²) in [4.78, 5) is 0. The first kappa shape index (κ1) is 12.6. The maximum atomic E-state index is 9.78. The van der Waals surface area contributed by atoms with E-state index in [0.29, 0.717) is 6.42 Å². The lowest BCUT2D eigenvalue weighted by Crippen LogP contribution is -2.16. The van der Waals surface area contributed by atoms with Gasteiger partial charge in [0.15, 0.2) is 0 Å². The zero-order valence-electron chi connectivity index (χ0n) is 9.73. The summed E-state index contributed by atoms with van der Waals surface area (Å²) in [6, 6.07) is 2.08. The summed E-state index contributed by atoms with van der Waals surface area (Å²) in [7, 11) is 1.94. The highest BCUT2D eigenvalue weighted by Crippen LogP contribution is 2.10. The average molecular weight is 228 g/mol. The zero-order valence-corrected chi connectivity index (χ0v) is 10.5. The molecule has 0 aromatic carbocycles. The van der Waals surface area contributed by atoms with Crippen LogP contribution in [0.2, 0.25) is 0 Å². The molecule has 0 saturated carbocycles. The Kier molecular flexibility index (Phi) is 5.19. The van der Waals surface area contributed by atoms with Gasteiger partial charge in [0.25, 0.3) is 0 Å². The van der Waals surface area contributed by atoms with Crippen molar-refractivity contribution in [3.05, 3.63) is 17.5 Å². The highest BCUT2D eigenvalue weighted by molar-refractivity contribution is 7.99. The van der Waals surface area contributed by atoms with Crippen LogP contribution in [0.1, 0.15) is 25.2 Å². The van der Waals surface area contributed by atoms with E-state index < -0.39 is 0 Å². The monoisotopic (exact) mass is 228 g/mol. The fourth-order valence-electron chi connectivity index (χ4n) is 1.49. The number of aromatic nitrogens is 2. The Morgan fingerprint density at radius 1 is 1.53 bits per heavy atom. The topological polar surface area (TPSA) is 38.1 Å². The maximum absolute atomic E-state index is 9.78. The minimum atomic E-state index is -0.255. The molecule has 3 nitrogen and oxygen atoms in total. The molecule has 0 radical (unpaired) electrons. The summed E-state index contributed by atoms with van der Waals surface area (Å²) in [5.41, 5.74) is 2.22. The quantitative estimate of drug-likeness (QED) is 0.804. The van der Waals surface area contributed by atoms with Crippen LogP contribution in [0.25, 0.3) is 0 Å². The predicted molar refractivity (Wildman–Crippen MR) is 65.3 cm³/mol. The molecule has 0 aliphatic heterocycles. The maximum Gasteiger partial charge on any atom is 0.0685 e. The minimum Gasteiger partial charge on any atom is -0.392 e. The number of thioether (sulfide) groups is 1. The molecule has 1 rings (SSSR count). The molecule has 0 saturated heterocycles. The molecule has 1 N–H and O–H groups in total. The number of hydrogen-bond acceptors (Lipinski definition) is 3. The highest BCUT2D eigenvalue weighted by atomic mass is 32.2. The van der Waals surface area contributed by atoms with Gasteiger partial charge in [0.2, 0.25) is 0 Å². The van der Waals surface area contributed by atoms with Gasteiger partial charge in [0, 0.05) is 24.9 Å². The number of aryl methyl sites for hydroxylation is 2. The number of aliphatic hydroxyl groups excluding tert-OH is 1. The van der Waals surface area contributed by atoms with Crippen LogP contribution in [0.5, 0.6) is 0 Å². The van der Waals surface area contributed by atoms with Gasteiger partial charge in [-0.15, -0.1) is 0 Å². The van der Waals surface area contributed by atoms with Crippen molar-refractivity contribution >= 4 is 11.8 Å². The van der Waals surface area contributed by atoms with E-state index in [1.165, 1.54) is 0 Å². The SMILES string of the molecule is CCSCC(O)Cc1cc(CC)nn1C. The van der Waals surface area contributed by atoms with Gasteiger partial charge in [-0.25, -0.2) is 0 Å². The average Bonchev–Trinajstić information content (AvgIpc) is 2.57. The Morgan fingerprint density at radius 3 is 2.80 bits per heavy atom. The van der Waals surface area contributed by atoms with Crippen LogP contribution in [0, 0.1) is 0 Å². The molecule has 1 aromatic rings. The normalized spacial score (nSPS) is 13.1. The Balaban J connectivity index is 2.51. The molecule has 15 heavy (non-hydrogen) atoms. The molecular weight excluding hydrogens is 208 g/mol. The van der Waals surface area contributed by atoms with E-state index in [9.17, 15) is 5.11 Å².